The summed E-state index contributed by atoms with van der Waals surface area (Å²) < 4.78 is 1.80. The van der Waals surface area contributed by atoms with Crippen molar-refractivity contribution < 1.29 is 4.79 Å². The lowest BCUT2D eigenvalue weighted by Crippen LogP contribution is -2.38. The highest BCUT2D eigenvalue weighted by molar-refractivity contribution is 7.80. The molecule has 0 radical (unpaired) electrons. The van der Waals surface area contributed by atoms with Gasteiger partial charge in [0.1, 0.15) is 5.01 Å². The minimum Gasteiger partial charge on any atom is -0.358 e. The Hall–Kier alpha value is -3.69. The highest BCUT2D eigenvalue weighted by Crippen LogP contribution is 2.26. The average Bonchev–Trinajstić information content (AvgIpc) is 3.43. The Labute approximate surface area is 199 Å². The van der Waals surface area contributed by atoms with Crippen LogP contribution in [0, 0.1) is 0 Å². The number of thiocarbonyl (C=S) groups is 1. The van der Waals surface area contributed by atoms with E-state index in [4.69, 9.17) is 12.2 Å². The molecule has 5 rings (SSSR count). The normalized spacial score (nSPS) is 11.1. The summed E-state index contributed by atoms with van der Waals surface area (Å²) in [6, 6.07) is 21.5. The molecule has 7 nitrogen and oxygen atoms in total. The predicted molar refractivity (Wildman–Crippen MR) is 134 cm³/mol. The van der Waals surface area contributed by atoms with E-state index in [1.54, 1.807) is 10.6 Å². The Morgan fingerprint density at radius 3 is 2.64 bits per heavy atom. The zero-order chi connectivity index (χ0) is 22.8. The second-order valence-electron chi connectivity index (χ2n) is 7.43. The van der Waals surface area contributed by atoms with Crippen molar-refractivity contribution in [1.82, 2.24) is 30.4 Å². The van der Waals surface area contributed by atoms with Crippen LogP contribution in [0.5, 0.6) is 0 Å². The molecule has 0 unspecified atom stereocenters. The van der Waals surface area contributed by atoms with Crippen molar-refractivity contribution in [2.45, 2.75) is 19.9 Å². The number of nitrogens with zero attached hydrogens (tertiary/aromatic N) is 4. The number of rotatable bonds is 5. The first-order valence-electron chi connectivity index (χ1n) is 10.5. The molecule has 0 bridgehead atoms. The number of aromatic nitrogens is 4. The minimum atomic E-state index is -0.227. The van der Waals surface area contributed by atoms with E-state index >= 15 is 0 Å². The molecule has 5 aromatic rings. The molecule has 9 heteroatoms. The van der Waals surface area contributed by atoms with Gasteiger partial charge in [-0.1, -0.05) is 78.9 Å². The predicted octanol–water partition coefficient (Wildman–Crippen LogP) is 4.37. The number of carbonyl (C=O) groups excluding carboxylic acids is 1. The highest BCUT2D eigenvalue weighted by atomic mass is 32.1. The van der Waals surface area contributed by atoms with Gasteiger partial charge in [0, 0.05) is 24.1 Å². The van der Waals surface area contributed by atoms with E-state index in [0.29, 0.717) is 12.1 Å². The van der Waals surface area contributed by atoms with Gasteiger partial charge in [0.05, 0.1) is 0 Å². The number of hydrogen-bond acceptors (Lipinski definition) is 6. The van der Waals surface area contributed by atoms with E-state index in [-0.39, 0.29) is 11.0 Å². The lowest BCUT2D eigenvalue weighted by atomic mass is 10.0. The smallest absolute Gasteiger partial charge is 0.258 e. The van der Waals surface area contributed by atoms with E-state index in [2.05, 4.69) is 25.9 Å². The van der Waals surface area contributed by atoms with Crippen molar-refractivity contribution in [3.8, 4) is 10.6 Å². The molecule has 0 saturated carbocycles. The number of fused-ring (bicyclic) bond motifs is 2. The third kappa shape index (κ3) is 4.33. The maximum atomic E-state index is 12.7. The van der Waals surface area contributed by atoms with Crippen LogP contribution in [0.15, 0.2) is 66.7 Å². The highest BCUT2D eigenvalue weighted by Gasteiger charge is 2.13. The SMILES string of the molecule is CCc1nnc2sc(-c3ccc(CNC(=S)NC(=O)c4cccc5ccccc45)cc3)nn12. The van der Waals surface area contributed by atoms with E-state index in [1.165, 1.54) is 11.3 Å². The molecule has 1 amide bonds. The quantitative estimate of drug-likeness (QED) is 0.370. The Bertz CT molecular complexity index is 1470. The summed E-state index contributed by atoms with van der Waals surface area (Å²) >= 11 is 6.85. The second kappa shape index (κ2) is 9.05. The third-order valence-electron chi connectivity index (χ3n) is 5.29. The van der Waals surface area contributed by atoms with Gasteiger partial charge in [-0.3, -0.25) is 10.1 Å². The van der Waals surface area contributed by atoms with Crippen molar-refractivity contribution in [2.75, 3.05) is 0 Å². The first kappa shape index (κ1) is 21.2. The van der Waals surface area contributed by atoms with Gasteiger partial charge in [-0.25, -0.2) is 0 Å². The van der Waals surface area contributed by atoms with E-state index in [0.717, 1.165) is 44.1 Å². The zero-order valence-electron chi connectivity index (χ0n) is 17.8. The van der Waals surface area contributed by atoms with Gasteiger partial charge in [0.2, 0.25) is 4.96 Å². The molecule has 164 valence electrons. The van der Waals surface area contributed by atoms with Gasteiger partial charge in [-0.2, -0.15) is 9.61 Å². The van der Waals surface area contributed by atoms with Crippen LogP contribution in [0.25, 0.3) is 26.3 Å². The molecule has 2 heterocycles. The van der Waals surface area contributed by atoms with Gasteiger partial charge in [0.25, 0.3) is 5.91 Å². The zero-order valence-corrected chi connectivity index (χ0v) is 19.4. The molecule has 3 aromatic carbocycles. The molecule has 33 heavy (non-hydrogen) atoms. The number of nitrogens with one attached hydrogen (secondary N) is 2. The lowest BCUT2D eigenvalue weighted by Gasteiger charge is -2.11. The molecule has 2 aromatic heterocycles. The Kier molecular flexibility index (Phi) is 5.80. The summed E-state index contributed by atoms with van der Waals surface area (Å²) in [5.41, 5.74) is 2.65. The van der Waals surface area contributed by atoms with E-state index in [1.807, 2.05) is 67.6 Å². The lowest BCUT2D eigenvalue weighted by molar-refractivity contribution is 0.0978. The maximum absolute atomic E-state index is 12.7. The Morgan fingerprint density at radius 2 is 1.82 bits per heavy atom. The largest absolute Gasteiger partial charge is 0.358 e. The van der Waals surface area contributed by atoms with Gasteiger partial charge in [-0.05, 0) is 34.6 Å². The summed E-state index contributed by atoms with van der Waals surface area (Å²) in [5.74, 6) is 0.627. The molecule has 0 aliphatic rings. The van der Waals surface area contributed by atoms with Gasteiger partial charge >= 0.3 is 0 Å². The molecular weight excluding hydrogens is 452 g/mol. The summed E-state index contributed by atoms with van der Waals surface area (Å²) in [6.45, 7) is 2.53. The standard InChI is InChI=1S/C24H20N6OS2/c1-2-20-27-28-24-30(20)29-22(33-24)17-12-10-15(11-13-17)14-25-23(32)26-21(31)19-9-5-7-16-6-3-4-8-18(16)19/h3-13H,2,14H2,1H3,(H2,25,26,31,32). The molecule has 0 saturated heterocycles. The molecule has 0 aliphatic carbocycles. The van der Waals surface area contributed by atoms with Crippen LogP contribution in [0.3, 0.4) is 0 Å². The summed E-state index contributed by atoms with van der Waals surface area (Å²) in [7, 11) is 0. The number of aryl methyl sites for hydroxylation is 1. The van der Waals surface area contributed by atoms with E-state index in [9.17, 15) is 4.79 Å². The van der Waals surface area contributed by atoms with E-state index < -0.39 is 0 Å². The molecule has 0 aliphatic heterocycles. The van der Waals surface area contributed by atoms with Crippen molar-refractivity contribution >= 4 is 50.3 Å². The second-order valence-corrected chi connectivity index (χ2v) is 8.80. The number of amides is 1. The van der Waals surface area contributed by atoms with Crippen LogP contribution in [0.4, 0.5) is 0 Å². The van der Waals surface area contributed by atoms with Crippen LogP contribution >= 0.6 is 23.6 Å². The summed E-state index contributed by atoms with van der Waals surface area (Å²) in [4.78, 5) is 13.5. The van der Waals surface area contributed by atoms with Crippen LogP contribution < -0.4 is 10.6 Å². The topological polar surface area (TPSA) is 84.2 Å². The maximum Gasteiger partial charge on any atom is 0.258 e. The fourth-order valence-electron chi connectivity index (χ4n) is 3.58. The third-order valence-corrected chi connectivity index (χ3v) is 6.48. The molecule has 0 spiro atoms. The fourth-order valence-corrected chi connectivity index (χ4v) is 4.61. The van der Waals surface area contributed by atoms with Crippen molar-refractivity contribution in [3.63, 3.8) is 0 Å². The summed E-state index contributed by atoms with van der Waals surface area (Å²) in [5, 5.41) is 21.9. The summed E-state index contributed by atoms with van der Waals surface area (Å²) in [6.07, 6.45) is 0.784. The monoisotopic (exact) mass is 472 g/mol. The number of benzene rings is 3. The minimum absolute atomic E-state index is 0.227. The van der Waals surface area contributed by atoms with Crippen LogP contribution in [-0.2, 0) is 13.0 Å². The van der Waals surface area contributed by atoms with Gasteiger partial charge in [0.15, 0.2) is 10.9 Å². The van der Waals surface area contributed by atoms with Crippen LogP contribution in [0.2, 0.25) is 0 Å². The Morgan fingerprint density at radius 1 is 1.03 bits per heavy atom. The van der Waals surface area contributed by atoms with Crippen LogP contribution in [-0.4, -0.2) is 30.8 Å². The fraction of sp³-hybridized carbons (Fsp3) is 0.125. The number of hydrogen-bond donors (Lipinski definition) is 2. The molecule has 2 N–H and O–H groups in total. The molecular formula is C24H20N6OS2. The van der Waals surface area contributed by atoms with Crippen molar-refractivity contribution in [2.24, 2.45) is 0 Å². The molecule has 0 fully saturated rings. The van der Waals surface area contributed by atoms with Crippen molar-refractivity contribution in [1.29, 1.82) is 0 Å². The van der Waals surface area contributed by atoms with Crippen LogP contribution in [0.1, 0.15) is 28.7 Å². The number of carbonyl (C=O) groups is 1. The van der Waals surface area contributed by atoms with Gasteiger partial charge in [-0.15, -0.1) is 10.2 Å². The first-order valence-corrected chi connectivity index (χ1v) is 11.7. The molecule has 0 atom stereocenters. The van der Waals surface area contributed by atoms with Crippen molar-refractivity contribution in [3.05, 3.63) is 83.7 Å². The van der Waals surface area contributed by atoms with Gasteiger partial charge < -0.3 is 5.32 Å². The average molecular weight is 473 g/mol. The first-order chi connectivity index (χ1) is 16.1. The Balaban J connectivity index is 1.21.